The van der Waals surface area contributed by atoms with Gasteiger partial charge in [-0.1, -0.05) is 17.4 Å². The van der Waals surface area contributed by atoms with Crippen LogP contribution in [0.2, 0.25) is 0 Å². The molecule has 0 spiro atoms. The molecule has 0 aliphatic carbocycles. The van der Waals surface area contributed by atoms with Crippen molar-refractivity contribution in [3.8, 4) is 5.75 Å². The average molecular weight is 486 g/mol. The number of hydrogen-bond donors (Lipinski definition) is 0. The van der Waals surface area contributed by atoms with Crippen molar-refractivity contribution in [2.45, 2.75) is 19.9 Å². The first-order valence-electron chi connectivity index (χ1n) is 9.91. The third-order valence-corrected chi connectivity index (χ3v) is 6.95. The molecule has 1 atom stereocenters. The van der Waals surface area contributed by atoms with Gasteiger partial charge in [-0.05, 0) is 37.4 Å². The van der Waals surface area contributed by atoms with E-state index in [0.29, 0.717) is 31.9 Å². The third kappa shape index (κ3) is 4.12. The molecule has 0 fully saturated rings. The maximum absolute atomic E-state index is 13.5. The normalized spacial score (nSPS) is 15.7. The summed E-state index contributed by atoms with van der Waals surface area (Å²) in [4.78, 5) is 42.7. The molecule has 4 rings (SSSR count). The number of nitrogens with zero attached hydrogens (tertiary/aromatic N) is 3. The topological polar surface area (TPSA) is 113 Å². The molecule has 0 amide bonds. The highest BCUT2D eigenvalue weighted by atomic mass is 32.1. The fourth-order valence-corrected chi connectivity index (χ4v) is 5.46. The van der Waals surface area contributed by atoms with Gasteiger partial charge in [-0.25, -0.2) is 9.79 Å². The predicted octanol–water partition coefficient (Wildman–Crippen LogP) is 2.78. The minimum absolute atomic E-state index is 0.119. The zero-order valence-electron chi connectivity index (χ0n) is 17.9. The molecule has 3 aromatic rings. The number of ether oxygens (including phenoxy) is 2. The molecule has 1 aliphatic heterocycles. The molecule has 3 heterocycles. The van der Waals surface area contributed by atoms with Crippen molar-refractivity contribution in [3.05, 3.63) is 87.2 Å². The minimum atomic E-state index is -0.672. The molecule has 0 bridgehead atoms. The Morgan fingerprint density at radius 2 is 2.15 bits per heavy atom. The number of carbonyl (C=O) groups is 1. The first-order valence-corrected chi connectivity index (χ1v) is 11.6. The van der Waals surface area contributed by atoms with Crippen LogP contribution in [0.5, 0.6) is 5.75 Å². The maximum Gasteiger partial charge on any atom is 0.338 e. The number of methoxy groups -OCH3 is 1. The SMILES string of the molecule is CCOC(=O)C1=C(C)N=c2s/c(=C\c3cc([N+](=O)[O-])ccc3OC)c(=O)n2C1c1cccs1. The number of esters is 1. The van der Waals surface area contributed by atoms with Crippen LogP contribution in [-0.4, -0.2) is 29.2 Å². The molecule has 170 valence electrons. The number of allylic oxidation sites excluding steroid dienone is 1. The zero-order valence-corrected chi connectivity index (χ0v) is 19.6. The first-order chi connectivity index (χ1) is 15.8. The Hall–Kier alpha value is -3.57. The van der Waals surface area contributed by atoms with Crippen molar-refractivity contribution < 1.29 is 19.2 Å². The van der Waals surface area contributed by atoms with Crippen LogP contribution >= 0.6 is 22.7 Å². The van der Waals surface area contributed by atoms with Crippen LogP contribution in [0.1, 0.15) is 30.3 Å². The van der Waals surface area contributed by atoms with Gasteiger partial charge >= 0.3 is 5.97 Å². The number of non-ortho nitro benzene ring substituents is 1. The van der Waals surface area contributed by atoms with E-state index in [1.54, 1.807) is 19.9 Å². The number of nitro groups is 1. The summed E-state index contributed by atoms with van der Waals surface area (Å²) >= 11 is 2.57. The molecule has 0 saturated carbocycles. The molecule has 9 nitrogen and oxygen atoms in total. The Morgan fingerprint density at radius 3 is 2.79 bits per heavy atom. The number of benzene rings is 1. The Kier molecular flexibility index (Phi) is 6.25. The summed E-state index contributed by atoms with van der Waals surface area (Å²) in [5.74, 6) is -0.128. The lowest BCUT2D eigenvalue weighted by Gasteiger charge is -2.23. The summed E-state index contributed by atoms with van der Waals surface area (Å²) in [6.45, 7) is 3.63. The summed E-state index contributed by atoms with van der Waals surface area (Å²) in [6.07, 6.45) is 1.55. The third-order valence-electron chi connectivity index (χ3n) is 5.04. The van der Waals surface area contributed by atoms with E-state index in [4.69, 9.17) is 9.47 Å². The molecule has 0 radical (unpaired) electrons. The van der Waals surface area contributed by atoms with Gasteiger partial charge in [0.25, 0.3) is 11.2 Å². The number of thiophene rings is 1. The molecule has 1 unspecified atom stereocenters. The van der Waals surface area contributed by atoms with Crippen molar-refractivity contribution in [3.63, 3.8) is 0 Å². The van der Waals surface area contributed by atoms with Gasteiger partial charge in [-0.2, -0.15) is 0 Å². The van der Waals surface area contributed by atoms with Crippen molar-refractivity contribution in [2.24, 2.45) is 4.99 Å². The van der Waals surface area contributed by atoms with Crippen LogP contribution in [-0.2, 0) is 9.53 Å². The number of hydrogen-bond acceptors (Lipinski definition) is 9. The average Bonchev–Trinajstić information content (AvgIpc) is 3.41. The smallest absolute Gasteiger partial charge is 0.338 e. The van der Waals surface area contributed by atoms with Crippen molar-refractivity contribution >= 4 is 40.4 Å². The second kappa shape index (κ2) is 9.12. The number of carbonyl (C=O) groups excluding carboxylic acids is 1. The summed E-state index contributed by atoms with van der Waals surface area (Å²) in [5, 5.41) is 13.1. The van der Waals surface area contributed by atoms with Crippen LogP contribution < -0.4 is 19.6 Å². The monoisotopic (exact) mass is 485 g/mol. The fraction of sp³-hybridized carbons (Fsp3) is 0.227. The summed E-state index contributed by atoms with van der Waals surface area (Å²) in [7, 11) is 1.45. The van der Waals surface area contributed by atoms with Crippen molar-refractivity contribution in [1.29, 1.82) is 0 Å². The van der Waals surface area contributed by atoms with Crippen LogP contribution in [0.4, 0.5) is 5.69 Å². The highest BCUT2D eigenvalue weighted by molar-refractivity contribution is 7.10. The van der Waals surface area contributed by atoms with E-state index < -0.39 is 16.9 Å². The van der Waals surface area contributed by atoms with Gasteiger partial charge < -0.3 is 9.47 Å². The van der Waals surface area contributed by atoms with Gasteiger partial charge in [-0.3, -0.25) is 19.5 Å². The van der Waals surface area contributed by atoms with Gasteiger partial charge in [0.05, 0.1) is 34.4 Å². The second-order valence-corrected chi connectivity index (χ2v) is 8.99. The molecule has 1 aliphatic rings. The van der Waals surface area contributed by atoms with Crippen molar-refractivity contribution in [1.82, 2.24) is 4.57 Å². The van der Waals surface area contributed by atoms with Gasteiger partial charge in [0.1, 0.15) is 11.8 Å². The predicted molar refractivity (Wildman–Crippen MR) is 124 cm³/mol. The molecule has 0 saturated heterocycles. The van der Waals surface area contributed by atoms with Crippen LogP contribution in [0.3, 0.4) is 0 Å². The number of aromatic nitrogens is 1. The van der Waals surface area contributed by atoms with E-state index in [2.05, 4.69) is 4.99 Å². The van der Waals surface area contributed by atoms with Gasteiger partial charge in [0.2, 0.25) is 0 Å². The fourth-order valence-electron chi connectivity index (χ4n) is 3.60. The van der Waals surface area contributed by atoms with Gasteiger partial charge in [0.15, 0.2) is 4.80 Å². The van der Waals surface area contributed by atoms with Gasteiger partial charge in [-0.15, -0.1) is 11.3 Å². The zero-order chi connectivity index (χ0) is 23.7. The van der Waals surface area contributed by atoms with Crippen LogP contribution in [0.15, 0.2) is 56.8 Å². The van der Waals surface area contributed by atoms with E-state index >= 15 is 0 Å². The Labute approximate surface area is 195 Å². The Morgan fingerprint density at radius 1 is 1.36 bits per heavy atom. The summed E-state index contributed by atoms with van der Waals surface area (Å²) in [5.41, 5.74) is 0.705. The largest absolute Gasteiger partial charge is 0.496 e. The van der Waals surface area contributed by atoms with Crippen LogP contribution in [0.25, 0.3) is 6.08 Å². The molecule has 2 aromatic heterocycles. The molecular weight excluding hydrogens is 466 g/mol. The van der Waals surface area contributed by atoms with E-state index in [0.717, 1.165) is 16.2 Å². The second-order valence-electron chi connectivity index (χ2n) is 7.00. The van der Waals surface area contributed by atoms with Crippen molar-refractivity contribution in [2.75, 3.05) is 13.7 Å². The number of fused-ring (bicyclic) bond motifs is 1. The van der Waals surface area contributed by atoms with E-state index in [1.807, 2.05) is 17.5 Å². The molecule has 1 aromatic carbocycles. The van der Waals surface area contributed by atoms with Crippen LogP contribution in [0, 0.1) is 10.1 Å². The highest BCUT2D eigenvalue weighted by Crippen LogP contribution is 2.33. The molecule has 33 heavy (non-hydrogen) atoms. The lowest BCUT2D eigenvalue weighted by atomic mass is 10.0. The first kappa shape index (κ1) is 22.6. The standard InChI is InChI=1S/C22H19N3O6S2/c1-4-31-21(27)18-12(2)23-22-24(19(18)16-6-5-9-32-16)20(26)17(33-22)11-13-10-14(25(28)29)7-8-15(13)30-3/h5-11,19H,4H2,1-3H3/b17-11-. The highest BCUT2D eigenvalue weighted by Gasteiger charge is 2.33. The van der Waals surface area contributed by atoms with Gasteiger partial charge in [0, 0.05) is 22.6 Å². The molecule has 0 N–H and O–H groups in total. The maximum atomic E-state index is 13.5. The minimum Gasteiger partial charge on any atom is -0.496 e. The summed E-state index contributed by atoms with van der Waals surface area (Å²) < 4.78 is 12.4. The Bertz CT molecular complexity index is 1450. The Balaban J connectivity index is 1.95. The lowest BCUT2D eigenvalue weighted by molar-refractivity contribution is -0.384. The van der Waals surface area contributed by atoms with E-state index in [-0.39, 0.29) is 17.9 Å². The van der Waals surface area contributed by atoms with E-state index in [9.17, 15) is 19.7 Å². The van der Waals surface area contributed by atoms with E-state index in [1.165, 1.54) is 41.2 Å². The summed E-state index contributed by atoms with van der Waals surface area (Å²) in [6, 6.07) is 7.20. The molecular formula is C22H19N3O6S2. The number of thiazole rings is 1. The lowest BCUT2D eigenvalue weighted by Crippen LogP contribution is -2.39. The molecule has 11 heteroatoms. The number of nitro benzene ring substituents is 1. The number of rotatable bonds is 6. The quantitative estimate of drug-likeness (QED) is 0.301.